The first kappa shape index (κ1) is 17.7. The molecule has 1 amide bonds. The van der Waals surface area contributed by atoms with Gasteiger partial charge in [-0.25, -0.2) is 19.7 Å². The van der Waals surface area contributed by atoms with E-state index in [0.29, 0.717) is 33.9 Å². The first-order valence-corrected chi connectivity index (χ1v) is 10.3. The van der Waals surface area contributed by atoms with Gasteiger partial charge in [-0.3, -0.25) is 4.79 Å². The van der Waals surface area contributed by atoms with Crippen LogP contribution in [-0.2, 0) is 4.74 Å². The van der Waals surface area contributed by atoms with Crippen LogP contribution in [0.15, 0.2) is 29.2 Å². The predicted molar refractivity (Wildman–Crippen MR) is 103 cm³/mol. The van der Waals surface area contributed by atoms with Crippen LogP contribution in [0.3, 0.4) is 0 Å². The van der Waals surface area contributed by atoms with Crippen LogP contribution >= 0.6 is 22.7 Å². The topological polar surface area (TPSA) is 94.1 Å². The zero-order chi connectivity index (χ0) is 18.8. The van der Waals surface area contributed by atoms with Gasteiger partial charge in [0.25, 0.3) is 5.91 Å². The summed E-state index contributed by atoms with van der Waals surface area (Å²) in [6, 6.07) is 1.72. The van der Waals surface area contributed by atoms with Gasteiger partial charge in [0.2, 0.25) is 0 Å². The molecular weight excluding hydrogens is 384 g/mol. The molecular formula is C18H16N4O3S2. The Balaban J connectivity index is 1.57. The molecule has 0 bridgehead atoms. The number of thiazole rings is 1. The number of esters is 1. The van der Waals surface area contributed by atoms with Gasteiger partial charge in [0.15, 0.2) is 10.8 Å². The Morgan fingerprint density at radius 2 is 2.00 bits per heavy atom. The van der Waals surface area contributed by atoms with Crippen LogP contribution in [0.5, 0.6) is 0 Å². The summed E-state index contributed by atoms with van der Waals surface area (Å²) in [5.74, 6) is 0.0871. The van der Waals surface area contributed by atoms with E-state index in [0.717, 1.165) is 18.4 Å². The van der Waals surface area contributed by atoms with E-state index in [1.807, 2.05) is 5.38 Å². The summed E-state index contributed by atoms with van der Waals surface area (Å²) in [7, 11) is 0. The Labute approximate surface area is 163 Å². The molecule has 0 spiro atoms. The van der Waals surface area contributed by atoms with Gasteiger partial charge in [0.05, 0.1) is 12.2 Å². The number of rotatable bonds is 6. The molecule has 9 heteroatoms. The van der Waals surface area contributed by atoms with E-state index < -0.39 is 5.97 Å². The average Bonchev–Trinajstić information content (AvgIpc) is 3.25. The Morgan fingerprint density at radius 1 is 1.22 bits per heavy atom. The summed E-state index contributed by atoms with van der Waals surface area (Å²) in [4.78, 5) is 37.6. The lowest BCUT2D eigenvalue weighted by atomic mass is 10.1. The third-order valence-corrected chi connectivity index (χ3v) is 5.79. The van der Waals surface area contributed by atoms with Crippen molar-refractivity contribution in [2.24, 2.45) is 0 Å². The fourth-order valence-corrected chi connectivity index (χ4v) is 4.40. The van der Waals surface area contributed by atoms with E-state index in [9.17, 15) is 9.59 Å². The lowest BCUT2D eigenvalue weighted by Gasteiger charge is -2.07. The molecule has 0 unspecified atom stereocenters. The van der Waals surface area contributed by atoms with Gasteiger partial charge in [-0.2, -0.15) is 0 Å². The molecule has 3 heterocycles. The third kappa shape index (κ3) is 3.74. The van der Waals surface area contributed by atoms with Crippen molar-refractivity contribution >= 4 is 39.6 Å². The molecule has 1 saturated carbocycles. The van der Waals surface area contributed by atoms with Crippen molar-refractivity contribution in [1.29, 1.82) is 0 Å². The minimum Gasteiger partial charge on any atom is -0.462 e. The molecule has 0 radical (unpaired) electrons. The van der Waals surface area contributed by atoms with E-state index in [4.69, 9.17) is 4.74 Å². The van der Waals surface area contributed by atoms with Gasteiger partial charge < -0.3 is 10.1 Å². The van der Waals surface area contributed by atoms with Gasteiger partial charge in [-0.1, -0.05) is 0 Å². The van der Waals surface area contributed by atoms with Crippen LogP contribution < -0.4 is 5.32 Å². The average molecular weight is 400 g/mol. The molecule has 0 aliphatic heterocycles. The molecule has 0 saturated heterocycles. The number of carbonyl (C=O) groups is 2. The van der Waals surface area contributed by atoms with Gasteiger partial charge in [-0.05, 0) is 42.7 Å². The van der Waals surface area contributed by atoms with E-state index >= 15 is 0 Å². The molecule has 138 valence electrons. The molecule has 27 heavy (non-hydrogen) atoms. The van der Waals surface area contributed by atoms with Gasteiger partial charge in [0, 0.05) is 17.8 Å². The fraction of sp³-hybridized carbons (Fsp3) is 0.278. The quantitative estimate of drug-likeness (QED) is 0.629. The smallest absolute Gasteiger partial charge is 0.341 e. The molecule has 1 fully saturated rings. The number of ether oxygens (including phenoxy) is 1. The molecule has 3 aromatic rings. The number of nitrogens with zero attached hydrogens (tertiary/aromatic N) is 3. The van der Waals surface area contributed by atoms with E-state index in [1.165, 1.54) is 22.7 Å². The molecule has 4 rings (SSSR count). The SMILES string of the molecule is CCOC(=O)c1c(C2CC2)csc1NC(=O)c1csc(-c2ncccn2)n1. The number of anilines is 1. The molecule has 0 atom stereocenters. The Kier molecular flexibility index (Phi) is 4.95. The molecule has 1 aliphatic rings. The van der Waals surface area contributed by atoms with Crippen LogP contribution in [0.1, 0.15) is 52.1 Å². The number of aromatic nitrogens is 3. The number of thiophene rings is 1. The maximum absolute atomic E-state index is 12.6. The molecule has 3 aromatic heterocycles. The van der Waals surface area contributed by atoms with Crippen LogP contribution in [0.4, 0.5) is 5.00 Å². The molecule has 1 N–H and O–H groups in total. The van der Waals surface area contributed by atoms with Crippen molar-refractivity contribution in [3.63, 3.8) is 0 Å². The maximum Gasteiger partial charge on any atom is 0.341 e. The van der Waals surface area contributed by atoms with Crippen molar-refractivity contribution < 1.29 is 14.3 Å². The van der Waals surface area contributed by atoms with E-state index in [1.54, 1.807) is 30.8 Å². The van der Waals surface area contributed by atoms with Crippen molar-refractivity contribution in [3.8, 4) is 10.8 Å². The van der Waals surface area contributed by atoms with Gasteiger partial charge >= 0.3 is 5.97 Å². The van der Waals surface area contributed by atoms with Crippen molar-refractivity contribution in [3.05, 3.63) is 46.0 Å². The van der Waals surface area contributed by atoms with Gasteiger partial charge in [0.1, 0.15) is 10.7 Å². The third-order valence-electron chi connectivity index (χ3n) is 4.04. The Bertz CT molecular complexity index is 980. The Morgan fingerprint density at radius 3 is 2.70 bits per heavy atom. The molecule has 7 nitrogen and oxygen atoms in total. The standard InChI is InChI=1S/C18H16N4O3S2/c1-2-25-18(24)13-11(10-4-5-10)8-26-16(13)22-15(23)12-9-27-17(21-12)14-19-6-3-7-20-14/h3,6-10H,2,4-5H2,1H3,(H,22,23). The summed E-state index contributed by atoms with van der Waals surface area (Å²) < 4.78 is 5.18. The predicted octanol–water partition coefficient (Wildman–Crippen LogP) is 3.97. The fourth-order valence-electron chi connectivity index (χ4n) is 2.63. The normalized spacial score (nSPS) is 13.4. The lowest BCUT2D eigenvalue weighted by Crippen LogP contribution is -2.15. The summed E-state index contributed by atoms with van der Waals surface area (Å²) in [5.41, 5.74) is 1.70. The highest BCUT2D eigenvalue weighted by Crippen LogP contribution is 2.46. The second-order valence-electron chi connectivity index (χ2n) is 5.95. The number of nitrogens with one attached hydrogen (secondary N) is 1. The number of amides is 1. The minimum absolute atomic E-state index is 0.263. The zero-order valence-corrected chi connectivity index (χ0v) is 16.1. The first-order valence-electron chi connectivity index (χ1n) is 8.50. The zero-order valence-electron chi connectivity index (χ0n) is 14.5. The largest absolute Gasteiger partial charge is 0.462 e. The number of hydrogen-bond donors (Lipinski definition) is 1. The highest BCUT2D eigenvalue weighted by atomic mass is 32.1. The van der Waals surface area contributed by atoms with Crippen LogP contribution in [0.2, 0.25) is 0 Å². The Hall–Kier alpha value is -2.65. The summed E-state index contributed by atoms with van der Waals surface area (Å²) >= 11 is 2.64. The first-order chi connectivity index (χ1) is 13.2. The maximum atomic E-state index is 12.6. The summed E-state index contributed by atoms with van der Waals surface area (Å²) in [6.45, 7) is 2.06. The van der Waals surface area contributed by atoms with Crippen LogP contribution in [0.25, 0.3) is 10.8 Å². The van der Waals surface area contributed by atoms with E-state index in [-0.39, 0.29) is 11.6 Å². The molecule has 1 aliphatic carbocycles. The lowest BCUT2D eigenvalue weighted by molar-refractivity contribution is 0.0527. The second-order valence-corrected chi connectivity index (χ2v) is 7.69. The van der Waals surface area contributed by atoms with Crippen LogP contribution in [-0.4, -0.2) is 33.4 Å². The monoisotopic (exact) mass is 400 g/mol. The van der Waals surface area contributed by atoms with Crippen molar-refractivity contribution in [1.82, 2.24) is 15.0 Å². The second kappa shape index (κ2) is 7.53. The minimum atomic E-state index is -0.396. The summed E-state index contributed by atoms with van der Waals surface area (Å²) in [5, 5.41) is 7.48. The number of carbonyl (C=O) groups excluding carboxylic acids is 2. The highest BCUT2D eigenvalue weighted by Gasteiger charge is 2.32. The molecule has 0 aromatic carbocycles. The van der Waals surface area contributed by atoms with Crippen molar-refractivity contribution in [2.75, 3.05) is 11.9 Å². The summed E-state index contributed by atoms with van der Waals surface area (Å²) in [6.07, 6.45) is 5.37. The highest BCUT2D eigenvalue weighted by molar-refractivity contribution is 7.15. The van der Waals surface area contributed by atoms with E-state index in [2.05, 4.69) is 20.3 Å². The number of hydrogen-bond acceptors (Lipinski definition) is 8. The van der Waals surface area contributed by atoms with Gasteiger partial charge in [-0.15, -0.1) is 22.7 Å². The van der Waals surface area contributed by atoms with Crippen LogP contribution in [0, 0.1) is 0 Å². The van der Waals surface area contributed by atoms with Crippen molar-refractivity contribution in [2.45, 2.75) is 25.7 Å².